The molecule has 0 amide bonds. The summed E-state index contributed by atoms with van der Waals surface area (Å²) in [5.74, 6) is 0.511. The summed E-state index contributed by atoms with van der Waals surface area (Å²) < 4.78 is 5.56. The lowest BCUT2D eigenvalue weighted by Gasteiger charge is -2.27. The second-order valence-corrected chi connectivity index (χ2v) is 5.81. The molecule has 0 bridgehead atoms. The number of hydrogen-bond donors (Lipinski definition) is 0. The van der Waals surface area contributed by atoms with Gasteiger partial charge in [0.05, 0.1) is 5.92 Å². The zero-order valence-corrected chi connectivity index (χ0v) is 11.8. The predicted molar refractivity (Wildman–Crippen MR) is 68.3 cm³/mol. The molecule has 0 heterocycles. The van der Waals surface area contributed by atoms with E-state index in [9.17, 15) is 4.79 Å². The van der Waals surface area contributed by atoms with Crippen LogP contribution in [0.15, 0.2) is 0 Å². The summed E-state index contributed by atoms with van der Waals surface area (Å²) >= 11 is 0. The Morgan fingerprint density at radius 1 is 1.25 bits per heavy atom. The lowest BCUT2D eigenvalue weighted by molar-refractivity contribution is -0.162. The van der Waals surface area contributed by atoms with Crippen molar-refractivity contribution < 1.29 is 9.53 Å². The van der Waals surface area contributed by atoms with Gasteiger partial charge in [-0.25, -0.2) is 0 Å². The molecule has 2 nitrogen and oxygen atoms in total. The molecular weight excluding hydrogens is 200 g/mol. The second-order valence-electron chi connectivity index (χ2n) is 5.81. The van der Waals surface area contributed by atoms with Gasteiger partial charge in [0.25, 0.3) is 0 Å². The molecule has 1 atom stereocenters. The van der Waals surface area contributed by atoms with Crippen molar-refractivity contribution >= 4 is 5.97 Å². The Kier molecular flexibility index (Phi) is 6.70. The second kappa shape index (κ2) is 6.93. The van der Waals surface area contributed by atoms with Crippen molar-refractivity contribution in [2.75, 3.05) is 0 Å². The van der Waals surface area contributed by atoms with Crippen LogP contribution in [0.5, 0.6) is 0 Å². The molecule has 2 heteroatoms. The molecule has 0 radical (unpaired) electrons. The highest BCUT2D eigenvalue weighted by Crippen LogP contribution is 2.21. The van der Waals surface area contributed by atoms with Gasteiger partial charge in [-0.3, -0.25) is 4.79 Å². The molecule has 0 N–H and O–H groups in total. The lowest BCUT2D eigenvalue weighted by atomic mass is 9.97. The molecule has 0 saturated heterocycles. The van der Waals surface area contributed by atoms with Gasteiger partial charge in [-0.1, -0.05) is 34.1 Å². The summed E-state index contributed by atoms with van der Waals surface area (Å²) in [6.45, 7) is 12.4. The first kappa shape index (κ1) is 15.5. The van der Waals surface area contributed by atoms with E-state index >= 15 is 0 Å². The first-order chi connectivity index (χ1) is 7.28. The van der Waals surface area contributed by atoms with E-state index in [1.807, 2.05) is 20.8 Å². The Hall–Kier alpha value is -0.530. The van der Waals surface area contributed by atoms with E-state index in [0.717, 1.165) is 25.7 Å². The van der Waals surface area contributed by atoms with Crippen LogP contribution in [0.3, 0.4) is 0 Å². The fourth-order valence-corrected chi connectivity index (χ4v) is 1.83. The Morgan fingerprint density at radius 3 is 2.25 bits per heavy atom. The molecule has 0 aliphatic heterocycles. The van der Waals surface area contributed by atoms with Crippen LogP contribution in [-0.2, 0) is 9.53 Å². The van der Waals surface area contributed by atoms with E-state index < -0.39 is 0 Å². The van der Waals surface area contributed by atoms with Crippen LogP contribution in [0.4, 0.5) is 0 Å². The first-order valence-corrected chi connectivity index (χ1v) is 6.51. The normalized spacial score (nSPS) is 13.9. The fourth-order valence-electron chi connectivity index (χ4n) is 1.83. The minimum absolute atomic E-state index is 0.0147. The van der Waals surface area contributed by atoms with Crippen molar-refractivity contribution in [3.8, 4) is 0 Å². The average molecular weight is 228 g/mol. The SMILES string of the molecule is CCCCC(C)(C)OC(=O)C(C)CC(C)C. The molecule has 96 valence electrons. The lowest BCUT2D eigenvalue weighted by Crippen LogP contribution is -2.31. The van der Waals surface area contributed by atoms with Crippen LogP contribution in [0.2, 0.25) is 0 Å². The van der Waals surface area contributed by atoms with E-state index in [4.69, 9.17) is 4.74 Å². The average Bonchev–Trinajstić information content (AvgIpc) is 2.13. The summed E-state index contributed by atoms with van der Waals surface area (Å²) in [5, 5.41) is 0. The molecule has 0 aliphatic rings. The third-order valence-electron chi connectivity index (χ3n) is 2.74. The third kappa shape index (κ3) is 6.86. The molecule has 1 unspecified atom stereocenters. The number of carbonyl (C=O) groups is 1. The van der Waals surface area contributed by atoms with Gasteiger partial charge in [-0.2, -0.15) is 0 Å². The molecule has 16 heavy (non-hydrogen) atoms. The van der Waals surface area contributed by atoms with Gasteiger partial charge in [0, 0.05) is 0 Å². The van der Waals surface area contributed by atoms with E-state index in [1.54, 1.807) is 0 Å². The van der Waals surface area contributed by atoms with Crippen LogP contribution in [0.25, 0.3) is 0 Å². The monoisotopic (exact) mass is 228 g/mol. The zero-order valence-electron chi connectivity index (χ0n) is 11.8. The molecule has 0 aromatic rings. The van der Waals surface area contributed by atoms with E-state index in [2.05, 4.69) is 20.8 Å². The first-order valence-electron chi connectivity index (χ1n) is 6.51. The summed E-state index contributed by atoms with van der Waals surface area (Å²) in [4.78, 5) is 11.8. The number of esters is 1. The Morgan fingerprint density at radius 2 is 1.81 bits per heavy atom. The minimum Gasteiger partial charge on any atom is -0.459 e. The summed E-state index contributed by atoms with van der Waals surface area (Å²) in [6.07, 6.45) is 4.10. The maximum atomic E-state index is 11.8. The van der Waals surface area contributed by atoms with Crippen LogP contribution >= 0.6 is 0 Å². The molecule has 0 aliphatic carbocycles. The molecule has 0 aromatic heterocycles. The minimum atomic E-state index is -0.307. The molecule has 0 aromatic carbocycles. The van der Waals surface area contributed by atoms with Crippen molar-refractivity contribution in [3.05, 3.63) is 0 Å². The Balaban J connectivity index is 4.10. The van der Waals surface area contributed by atoms with Crippen LogP contribution in [0.1, 0.15) is 67.2 Å². The summed E-state index contributed by atoms with van der Waals surface area (Å²) in [7, 11) is 0. The standard InChI is InChI=1S/C14H28O2/c1-7-8-9-14(5,6)16-13(15)12(4)10-11(2)3/h11-12H,7-10H2,1-6H3. The smallest absolute Gasteiger partial charge is 0.309 e. The number of hydrogen-bond acceptors (Lipinski definition) is 2. The van der Waals surface area contributed by atoms with Gasteiger partial charge in [0.15, 0.2) is 0 Å². The Labute approximate surface area is 101 Å². The summed E-state index contributed by atoms with van der Waals surface area (Å²) in [5.41, 5.74) is -0.307. The topological polar surface area (TPSA) is 26.3 Å². The van der Waals surface area contributed by atoms with Gasteiger partial charge >= 0.3 is 5.97 Å². The number of carbonyl (C=O) groups excluding carboxylic acids is 1. The fraction of sp³-hybridized carbons (Fsp3) is 0.929. The van der Waals surface area contributed by atoms with Gasteiger partial charge in [-0.05, 0) is 39.0 Å². The van der Waals surface area contributed by atoms with E-state index in [0.29, 0.717) is 5.92 Å². The van der Waals surface area contributed by atoms with Crippen LogP contribution in [0, 0.1) is 11.8 Å². The van der Waals surface area contributed by atoms with Gasteiger partial charge in [0.2, 0.25) is 0 Å². The largest absolute Gasteiger partial charge is 0.459 e. The molecule has 0 fully saturated rings. The molecule has 0 rings (SSSR count). The Bertz CT molecular complexity index is 207. The van der Waals surface area contributed by atoms with Crippen molar-refractivity contribution in [1.82, 2.24) is 0 Å². The van der Waals surface area contributed by atoms with Crippen molar-refractivity contribution in [1.29, 1.82) is 0 Å². The van der Waals surface area contributed by atoms with Crippen molar-refractivity contribution in [3.63, 3.8) is 0 Å². The molecule has 0 saturated carbocycles. The molecule has 0 spiro atoms. The quantitative estimate of drug-likeness (QED) is 0.611. The molecular formula is C14H28O2. The predicted octanol–water partition coefficient (Wildman–Crippen LogP) is 4.18. The van der Waals surface area contributed by atoms with Gasteiger partial charge < -0.3 is 4.74 Å². The van der Waals surface area contributed by atoms with Crippen LogP contribution < -0.4 is 0 Å². The maximum Gasteiger partial charge on any atom is 0.309 e. The van der Waals surface area contributed by atoms with Crippen molar-refractivity contribution in [2.45, 2.75) is 72.8 Å². The third-order valence-corrected chi connectivity index (χ3v) is 2.74. The van der Waals surface area contributed by atoms with E-state index in [-0.39, 0.29) is 17.5 Å². The number of ether oxygens (including phenoxy) is 1. The van der Waals surface area contributed by atoms with E-state index in [1.165, 1.54) is 0 Å². The van der Waals surface area contributed by atoms with Crippen molar-refractivity contribution in [2.24, 2.45) is 11.8 Å². The van der Waals surface area contributed by atoms with Gasteiger partial charge in [-0.15, -0.1) is 0 Å². The van der Waals surface area contributed by atoms with Gasteiger partial charge in [0.1, 0.15) is 5.60 Å². The number of unbranched alkanes of at least 4 members (excludes halogenated alkanes) is 1. The van der Waals surface area contributed by atoms with Crippen LogP contribution in [-0.4, -0.2) is 11.6 Å². The highest BCUT2D eigenvalue weighted by atomic mass is 16.6. The highest BCUT2D eigenvalue weighted by molar-refractivity contribution is 5.72. The number of rotatable bonds is 7. The zero-order chi connectivity index (χ0) is 12.8. The maximum absolute atomic E-state index is 11.8. The highest BCUT2D eigenvalue weighted by Gasteiger charge is 2.25. The summed E-state index contributed by atoms with van der Waals surface area (Å²) in [6, 6.07) is 0.